The van der Waals surface area contributed by atoms with Gasteiger partial charge in [0.15, 0.2) is 5.11 Å². The van der Waals surface area contributed by atoms with Gasteiger partial charge in [0.2, 0.25) is 5.11 Å². The number of hydrogen-bond acceptors (Lipinski definition) is 4. The maximum absolute atomic E-state index is 6.22. The number of benzene rings is 1. The Balaban J connectivity index is 1.80. The number of anilines is 1. The molecule has 2 aliphatic rings. The standard InChI is InChI=1S/C20H31Cl2N6O2PS2/c1-20(2,3)31(27-6-10-29-11-7-27,28-8-12-30-13-9-28)26-19(33)25-24-18(32)23-17-5-4-15(21)14-16(17)22/h4-5,14H,6-13H2,1-3H3,(H,25,33)(H2,23,24,32). The molecule has 0 aromatic heterocycles. The van der Waals surface area contributed by atoms with Gasteiger partial charge in [-0.05, 0) is 42.6 Å². The van der Waals surface area contributed by atoms with Crippen LogP contribution >= 0.6 is 55.0 Å². The van der Waals surface area contributed by atoms with Crippen LogP contribution in [0.1, 0.15) is 20.8 Å². The number of thiocarbonyl (C=S) groups is 2. The van der Waals surface area contributed by atoms with E-state index in [9.17, 15) is 0 Å². The third kappa shape index (κ3) is 6.78. The van der Waals surface area contributed by atoms with Crippen LogP contribution in [0.5, 0.6) is 0 Å². The number of nitrogens with zero attached hydrogens (tertiary/aromatic N) is 3. The minimum atomic E-state index is -2.24. The lowest BCUT2D eigenvalue weighted by Gasteiger charge is -2.52. The van der Waals surface area contributed by atoms with Gasteiger partial charge in [0.05, 0.1) is 37.1 Å². The van der Waals surface area contributed by atoms with Crippen molar-refractivity contribution in [1.29, 1.82) is 0 Å². The van der Waals surface area contributed by atoms with E-state index in [1.165, 1.54) is 0 Å². The molecule has 8 nitrogen and oxygen atoms in total. The van der Waals surface area contributed by atoms with E-state index in [2.05, 4.69) is 46.3 Å². The van der Waals surface area contributed by atoms with Gasteiger partial charge in [0.1, 0.15) is 7.36 Å². The summed E-state index contributed by atoms with van der Waals surface area (Å²) in [5, 5.41) is 4.58. The zero-order valence-corrected chi connectivity index (χ0v) is 23.1. The highest BCUT2D eigenvalue weighted by Gasteiger charge is 2.45. The van der Waals surface area contributed by atoms with Crippen molar-refractivity contribution in [3.63, 3.8) is 0 Å². The van der Waals surface area contributed by atoms with Crippen molar-refractivity contribution >= 4 is 70.9 Å². The highest BCUT2D eigenvalue weighted by molar-refractivity contribution is 7.81. The molecule has 13 heteroatoms. The molecule has 1 aromatic rings. The molecule has 33 heavy (non-hydrogen) atoms. The van der Waals surface area contributed by atoms with Crippen LogP contribution in [0.15, 0.2) is 22.9 Å². The van der Waals surface area contributed by atoms with Crippen LogP contribution in [0.3, 0.4) is 0 Å². The van der Waals surface area contributed by atoms with E-state index in [0.29, 0.717) is 52.4 Å². The summed E-state index contributed by atoms with van der Waals surface area (Å²) in [5.74, 6) is 0. The summed E-state index contributed by atoms with van der Waals surface area (Å²) in [5.41, 5.74) is 6.56. The minimum Gasteiger partial charge on any atom is -0.379 e. The molecular weight excluding hydrogens is 522 g/mol. The zero-order chi connectivity index (χ0) is 24.1. The Morgan fingerprint density at radius 2 is 1.52 bits per heavy atom. The van der Waals surface area contributed by atoms with Crippen molar-refractivity contribution in [2.75, 3.05) is 57.9 Å². The Morgan fingerprint density at radius 3 is 2.00 bits per heavy atom. The summed E-state index contributed by atoms with van der Waals surface area (Å²) in [6, 6.07) is 5.14. The Hall–Kier alpha value is -0.550. The van der Waals surface area contributed by atoms with Crippen molar-refractivity contribution in [2.24, 2.45) is 4.74 Å². The predicted molar refractivity (Wildman–Crippen MR) is 145 cm³/mol. The first-order chi connectivity index (χ1) is 15.6. The summed E-state index contributed by atoms with van der Waals surface area (Å²) in [4.78, 5) is 0. The SMILES string of the molecule is CC(C)(C)P(=NC(=S)NNC(=S)Nc1ccc(Cl)cc1Cl)(N1CCOCC1)N1CCOCC1. The lowest BCUT2D eigenvalue weighted by atomic mass is 10.3. The van der Waals surface area contributed by atoms with E-state index >= 15 is 0 Å². The number of halogens is 2. The zero-order valence-electron chi connectivity index (χ0n) is 19.1. The van der Waals surface area contributed by atoms with Gasteiger partial charge in [-0.3, -0.25) is 20.2 Å². The van der Waals surface area contributed by atoms with Crippen molar-refractivity contribution in [3.05, 3.63) is 28.2 Å². The second-order valence-corrected chi connectivity index (χ2v) is 14.1. The molecule has 2 saturated heterocycles. The van der Waals surface area contributed by atoms with E-state index in [4.69, 9.17) is 61.9 Å². The van der Waals surface area contributed by atoms with E-state index in [1.807, 2.05) is 0 Å². The first kappa shape index (κ1) is 27.0. The molecule has 184 valence electrons. The Bertz CT molecular complexity index is 896. The number of nitrogens with one attached hydrogen (secondary N) is 3. The smallest absolute Gasteiger partial charge is 0.212 e. The van der Waals surface area contributed by atoms with Crippen LogP contribution in [0.4, 0.5) is 5.69 Å². The fourth-order valence-electron chi connectivity index (χ4n) is 3.98. The Kier molecular flexibility index (Phi) is 9.77. The lowest BCUT2D eigenvalue weighted by molar-refractivity contribution is 0.0551. The van der Waals surface area contributed by atoms with Crippen LogP contribution in [0.25, 0.3) is 0 Å². The quantitative estimate of drug-likeness (QED) is 0.284. The summed E-state index contributed by atoms with van der Waals surface area (Å²) in [6.07, 6.45) is 0. The van der Waals surface area contributed by atoms with E-state index < -0.39 is 7.36 Å². The molecule has 0 amide bonds. The van der Waals surface area contributed by atoms with Crippen molar-refractivity contribution in [3.8, 4) is 0 Å². The minimum absolute atomic E-state index is 0.136. The second-order valence-electron chi connectivity index (χ2n) is 8.60. The molecule has 0 saturated carbocycles. The fraction of sp³-hybridized carbons (Fsp3) is 0.600. The first-order valence-electron chi connectivity index (χ1n) is 10.7. The third-order valence-electron chi connectivity index (χ3n) is 5.36. The molecule has 0 unspecified atom stereocenters. The third-order valence-corrected chi connectivity index (χ3v) is 11.1. The molecule has 3 N–H and O–H groups in total. The molecule has 0 atom stereocenters. The molecule has 3 rings (SSSR count). The topological polar surface area (TPSA) is 73.4 Å². The Morgan fingerprint density at radius 1 is 0.970 bits per heavy atom. The maximum Gasteiger partial charge on any atom is 0.212 e. The molecule has 0 spiro atoms. The van der Waals surface area contributed by atoms with E-state index in [0.717, 1.165) is 26.2 Å². The number of hydrogen-bond donors (Lipinski definition) is 3. The van der Waals surface area contributed by atoms with E-state index in [1.54, 1.807) is 18.2 Å². The number of hydrazine groups is 1. The molecule has 0 bridgehead atoms. The summed E-state index contributed by atoms with van der Waals surface area (Å²) >= 11 is 23.2. The molecule has 1 aromatic carbocycles. The molecular formula is C20H31Cl2N6O2PS2. The molecule has 2 heterocycles. The molecule has 2 fully saturated rings. The van der Waals surface area contributed by atoms with Crippen LogP contribution in [0.2, 0.25) is 10.0 Å². The second kappa shape index (κ2) is 11.9. The van der Waals surface area contributed by atoms with Gasteiger partial charge in [-0.2, -0.15) is 0 Å². The van der Waals surface area contributed by atoms with Crippen LogP contribution in [0, 0.1) is 0 Å². The molecule has 0 aliphatic carbocycles. The van der Waals surface area contributed by atoms with Crippen LogP contribution < -0.4 is 16.2 Å². The van der Waals surface area contributed by atoms with Crippen molar-refractivity contribution in [1.82, 2.24) is 20.2 Å². The van der Waals surface area contributed by atoms with E-state index in [-0.39, 0.29) is 5.16 Å². The summed E-state index contributed by atoms with van der Waals surface area (Å²) in [7, 11) is -2.24. The fourth-order valence-corrected chi connectivity index (χ4v) is 9.34. The largest absolute Gasteiger partial charge is 0.379 e. The van der Waals surface area contributed by atoms with Crippen molar-refractivity contribution in [2.45, 2.75) is 25.9 Å². The van der Waals surface area contributed by atoms with Gasteiger partial charge in [-0.25, -0.2) is 4.74 Å². The average Bonchev–Trinajstić information content (AvgIpc) is 2.78. The monoisotopic (exact) mass is 552 g/mol. The first-order valence-corrected chi connectivity index (χ1v) is 14.0. The Labute approximate surface area is 216 Å². The van der Waals surface area contributed by atoms with Gasteiger partial charge < -0.3 is 14.8 Å². The average molecular weight is 554 g/mol. The van der Waals surface area contributed by atoms with Gasteiger partial charge in [0.25, 0.3) is 0 Å². The lowest BCUT2D eigenvalue weighted by Crippen LogP contribution is -2.49. The van der Waals surface area contributed by atoms with Crippen LogP contribution in [-0.2, 0) is 9.47 Å². The van der Waals surface area contributed by atoms with Gasteiger partial charge >= 0.3 is 0 Å². The molecule has 2 aliphatic heterocycles. The summed E-state index contributed by atoms with van der Waals surface area (Å²) in [6.45, 7) is 12.7. The normalized spacial score (nSPS) is 18.5. The van der Waals surface area contributed by atoms with Crippen molar-refractivity contribution < 1.29 is 9.47 Å². The van der Waals surface area contributed by atoms with Gasteiger partial charge in [0, 0.05) is 36.4 Å². The van der Waals surface area contributed by atoms with Gasteiger partial charge in [-0.15, -0.1) is 0 Å². The predicted octanol–water partition coefficient (Wildman–Crippen LogP) is 4.56. The van der Waals surface area contributed by atoms with Gasteiger partial charge in [-0.1, -0.05) is 44.0 Å². The van der Waals surface area contributed by atoms with Crippen LogP contribution in [-0.4, -0.2) is 77.3 Å². The molecule has 0 radical (unpaired) electrons. The maximum atomic E-state index is 6.22. The number of morpholine rings is 2. The summed E-state index contributed by atoms with van der Waals surface area (Å²) < 4.78 is 21.4. The number of rotatable bonds is 3. The highest BCUT2D eigenvalue weighted by Crippen LogP contribution is 2.66. The highest BCUT2D eigenvalue weighted by atomic mass is 35.5. The number of ether oxygens (including phenoxy) is 2.